The number of halogens is 2. The van der Waals surface area contributed by atoms with Crippen molar-refractivity contribution < 1.29 is 32.6 Å². The van der Waals surface area contributed by atoms with Crippen LogP contribution in [0.2, 0.25) is 0 Å². The average molecular weight is 393 g/mol. The number of methoxy groups -OCH3 is 2. The van der Waals surface area contributed by atoms with Gasteiger partial charge in [-0.2, -0.15) is 0 Å². The van der Waals surface area contributed by atoms with Gasteiger partial charge in [0.05, 0.1) is 19.8 Å². The quantitative estimate of drug-likeness (QED) is 0.645. The number of carbonyl (C=O) groups is 2. The molecule has 6 nitrogen and oxygen atoms in total. The molecule has 0 unspecified atom stereocenters. The first-order valence-corrected chi connectivity index (χ1v) is 8.49. The minimum atomic E-state index is -0.978. The lowest BCUT2D eigenvalue weighted by Crippen LogP contribution is -2.34. The van der Waals surface area contributed by atoms with Gasteiger partial charge in [0.2, 0.25) is 0 Å². The van der Waals surface area contributed by atoms with Crippen molar-refractivity contribution in [3.8, 4) is 11.5 Å². The lowest BCUT2D eigenvalue weighted by atomic mass is 10.2. The molecule has 0 aliphatic carbocycles. The second-order valence-corrected chi connectivity index (χ2v) is 5.83. The molecule has 0 heterocycles. The molecule has 0 fully saturated rings. The number of rotatable bonds is 8. The Hall–Kier alpha value is -3.16. The average Bonchev–Trinajstić information content (AvgIpc) is 2.68. The number of esters is 1. The molecule has 2 aromatic rings. The predicted molar refractivity (Wildman–Crippen MR) is 97.3 cm³/mol. The zero-order chi connectivity index (χ0) is 20.7. The van der Waals surface area contributed by atoms with Crippen molar-refractivity contribution >= 4 is 11.9 Å². The van der Waals surface area contributed by atoms with Gasteiger partial charge in [0.25, 0.3) is 5.91 Å². The van der Waals surface area contributed by atoms with E-state index in [0.29, 0.717) is 24.1 Å². The molecular formula is C20H21F2NO5. The van der Waals surface area contributed by atoms with Gasteiger partial charge >= 0.3 is 5.97 Å². The molecule has 0 aliphatic heterocycles. The zero-order valence-corrected chi connectivity index (χ0v) is 15.8. The molecule has 8 heteroatoms. The Bertz CT molecular complexity index is 836. The molecule has 0 aromatic heterocycles. The summed E-state index contributed by atoms with van der Waals surface area (Å²) in [6, 6.07) is 7.60. The van der Waals surface area contributed by atoms with E-state index in [-0.39, 0.29) is 12.1 Å². The normalized spacial score (nSPS) is 10.3. The molecule has 150 valence electrons. The maximum atomic E-state index is 13.2. The summed E-state index contributed by atoms with van der Waals surface area (Å²) in [7, 11) is 3.04. The maximum absolute atomic E-state index is 13.2. The Labute approximate surface area is 161 Å². The highest BCUT2D eigenvalue weighted by molar-refractivity contribution is 5.91. The molecule has 2 rings (SSSR count). The molecule has 1 amide bonds. The summed E-state index contributed by atoms with van der Waals surface area (Å²) in [5.74, 6) is -2.12. The minimum Gasteiger partial charge on any atom is -0.493 e. The first-order chi connectivity index (χ1) is 13.4. The van der Waals surface area contributed by atoms with Gasteiger partial charge in [-0.3, -0.25) is 4.79 Å². The van der Waals surface area contributed by atoms with Crippen LogP contribution in [0.4, 0.5) is 8.78 Å². The minimum absolute atomic E-state index is 0.266. The van der Waals surface area contributed by atoms with E-state index < -0.39 is 30.1 Å². The third-order valence-electron chi connectivity index (χ3n) is 3.98. The highest BCUT2D eigenvalue weighted by atomic mass is 19.1. The van der Waals surface area contributed by atoms with Crippen LogP contribution in [-0.2, 0) is 16.1 Å². The van der Waals surface area contributed by atoms with Crippen molar-refractivity contribution in [3.05, 3.63) is 59.2 Å². The van der Waals surface area contributed by atoms with Crippen LogP contribution in [0.1, 0.15) is 22.8 Å². The van der Waals surface area contributed by atoms with E-state index in [1.54, 1.807) is 25.1 Å². The second kappa shape index (κ2) is 9.68. The molecule has 0 saturated heterocycles. The highest BCUT2D eigenvalue weighted by Crippen LogP contribution is 2.28. The van der Waals surface area contributed by atoms with Crippen LogP contribution in [0, 0.1) is 11.6 Å². The molecule has 0 aliphatic rings. The Balaban J connectivity index is 2.00. The Morgan fingerprint density at radius 1 is 0.964 bits per heavy atom. The number of carbonyl (C=O) groups excluding carboxylic acids is 2. The van der Waals surface area contributed by atoms with E-state index in [4.69, 9.17) is 14.2 Å². The van der Waals surface area contributed by atoms with Crippen LogP contribution in [0.5, 0.6) is 11.5 Å². The third kappa shape index (κ3) is 5.42. The van der Waals surface area contributed by atoms with Gasteiger partial charge in [-0.25, -0.2) is 13.6 Å². The maximum Gasteiger partial charge on any atom is 0.338 e. The van der Waals surface area contributed by atoms with E-state index in [9.17, 15) is 18.4 Å². The summed E-state index contributed by atoms with van der Waals surface area (Å²) >= 11 is 0. The summed E-state index contributed by atoms with van der Waals surface area (Å²) in [5, 5.41) is 0. The summed E-state index contributed by atoms with van der Waals surface area (Å²) in [5.41, 5.74) is 0.500. The molecule has 2 aromatic carbocycles. The molecule has 0 spiro atoms. The van der Waals surface area contributed by atoms with Crippen LogP contribution < -0.4 is 9.47 Å². The topological polar surface area (TPSA) is 65.1 Å². The summed E-state index contributed by atoms with van der Waals surface area (Å²) in [6.45, 7) is 1.88. The van der Waals surface area contributed by atoms with Crippen molar-refractivity contribution in [2.75, 3.05) is 27.4 Å². The SMILES string of the molecule is CCN(Cc1ccc(OC)c(OC)c1)C(=O)COC(=O)c1cc(F)cc(F)c1. The molecule has 28 heavy (non-hydrogen) atoms. The predicted octanol–water partition coefficient (Wildman–Crippen LogP) is 3.19. The highest BCUT2D eigenvalue weighted by Gasteiger charge is 2.17. The largest absolute Gasteiger partial charge is 0.493 e. The number of nitrogens with zero attached hydrogens (tertiary/aromatic N) is 1. The van der Waals surface area contributed by atoms with E-state index in [1.165, 1.54) is 19.1 Å². The third-order valence-corrected chi connectivity index (χ3v) is 3.98. The number of likely N-dealkylation sites (N-methyl/N-ethyl adjacent to an activating group) is 1. The van der Waals surface area contributed by atoms with Crippen molar-refractivity contribution in [1.29, 1.82) is 0 Å². The lowest BCUT2D eigenvalue weighted by Gasteiger charge is -2.21. The number of benzene rings is 2. The van der Waals surface area contributed by atoms with Gasteiger partial charge in [0.1, 0.15) is 11.6 Å². The first kappa shape index (κ1) is 21.1. The van der Waals surface area contributed by atoms with E-state index >= 15 is 0 Å². The zero-order valence-electron chi connectivity index (χ0n) is 15.8. The number of hydrogen-bond donors (Lipinski definition) is 0. The van der Waals surface area contributed by atoms with Crippen molar-refractivity contribution in [2.24, 2.45) is 0 Å². The van der Waals surface area contributed by atoms with Gasteiger partial charge in [-0.05, 0) is 36.8 Å². The Kier molecular flexibility index (Phi) is 7.31. The fourth-order valence-corrected chi connectivity index (χ4v) is 2.55. The van der Waals surface area contributed by atoms with Gasteiger partial charge in [-0.1, -0.05) is 6.07 Å². The Morgan fingerprint density at radius 2 is 1.61 bits per heavy atom. The summed E-state index contributed by atoms with van der Waals surface area (Å²) < 4.78 is 41.7. The standard InChI is InChI=1S/C20H21F2NO5/c1-4-23(11-13-5-6-17(26-2)18(7-13)27-3)19(24)12-28-20(25)14-8-15(21)10-16(22)9-14/h5-10H,4,11-12H2,1-3H3. The molecule has 0 atom stereocenters. The van der Waals surface area contributed by atoms with Crippen LogP contribution in [0.3, 0.4) is 0 Å². The molecule has 0 bridgehead atoms. The van der Waals surface area contributed by atoms with E-state index in [1.807, 2.05) is 0 Å². The van der Waals surface area contributed by atoms with Gasteiger partial charge in [0, 0.05) is 19.2 Å². The number of hydrogen-bond acceptors (Lipinski definition) is 5. The monoisotopic (exact) mass is 393 g/mol. The fraction of sp³-hybridized carbons (Fsp3) is 0.300. The smallest absolute Gasteiger partial charge is 0.338 e. The van der Waals surface area contributed by atoms with Crippen molar-refractivity contribution in [1.82, 2.24) is 4.90 Å². The van der Waals surface area contributed by atoms with Crippen LogP contribution in [0.25, 0.3) is 0 Å². The van der Waals surface area contributed by atoms with Gasteiger partial charge in [-0.15, -0.1) is 0 Å². The summed E-state index contributed by atoms with van der Waals surface area (Å²) in [4.78, 5) is 25.8. The fourth-order valence-electron chi connectivity index (χ4n) is 2.55. The van der Waals surface area contributed by atoms with E-state index in [0.717, 1.165) is 17.7 Å². The van der Waals surface area contributed by atoms with Gasteiger partial charge in [0.15, 0.2) is 18.1 Å². The second-order valence-electron chi connectivity index (χ2n) is 5.83. The number of amides is 1. The molecule has 0 radical (unpaired) electrons. The van der Waals surface area contributed by atoms with Crippen molar-refractivity contribution in [3.63, 3.8) is 0 Å². The first-order valence-electron chi connectivity index (χ1n) is 8.49. The van der Waals surface area contributed by atoms with Gasteiger partial charge < -0.3 is 19.1 Å². The van der Waals surface area contributed by atoms with Crippen LogP contribution in [0.15, 0.2) is 36.4 Å². The van der Waals surface area contributed by atoms with Crippen LogP contribution in [-0.4, -0.2) is 44.1 Å². The summed E-state index contributed by atoms with van der Waals surface area (Å²) in [6.07, 6.45) is 0. The molecule has 0 N–H and O–H groups in total. The Morgan fingerprint density at radius 3 is 2.18 bits per heavy atom. The number of ether oxygens (including phenoxy) is 3. The molecular weight excluding hydrogens is 372 g/mol. The molecule has 0 saturated carbocycles. The lowest BCUT2D eigenvalue weighted by molar-refractivity contribution is -0.134. The van der Waals surface area contributed by atoms with Crippen LogP contribution >= 0.6 is 0 Å². The van der Waals surface area contributed by atoms with E-state index in [2.05, 4.69) is 0 Å². The van der Waals surface area contributed by atoms with Crippen molar-refractivity contribution in [2.45, 2.75) is 13.5 Å².